The number of nitrogens with one attached hydrogen (secondary N) is 1. The van der Waals surface area contributed by atoms with Gasteiger partial charge < -0.3 is 5.32 Å². The summed E-state index contributed by atoms with van der Waals surface area (Å²) < 4.78 is 1.82. The van der Waals surface area contributed by atoms with Crippen molar-refractivity contribution >= 4 is 23.2 Å². The SMILES string of the molecule is Cc1nc2n(n1)CC(C(=O)N1c3ccccc3NC(=O)C1(C)C)CC2. The third-order valence-corrected chi connectivity index (χ3v) is 5.04. The number of carbonyl (C=O) groups is 2. The molecule has 7 nitrogen and oxygen atoms in total. The highest BCUT2D eigenvalue weighted by Crippen LogP contribution is 2.38. The maximum Gasteiger partial charge on any atom is 0.250 e. The van der Waals surface area contributed by atoms with Gasteiger partial charge in [-0.25, -0.2) is 9.67 Å². The minimum Gasteiger partial charge on any atom is -0.322 e. The van der Waals surface area contributed by atoms with Crippen LogP contribution in [0.3, 0.4) is 0 Å². The summed E-state index contributed by atoms with van der Waals surface area (Å²) in [6, 6.07) is 7.43. The maximum atomic E-state index is 13.4. The molecule has 0 spiro atoms. The van der Waals surface area contributed by atoms with Crippen molar-refractivity contribution in [1.29, 1.82) is 0 Å². The van der Waals surface area contributed by atoms with Crippen LogP contribution in [0.5, 0.6) is 0 Å². The molecule has 0 fully saturated rings. The van der Waals surface area contributed by atoms with Crippen LogP contribution in [-0.2, 0) is 22.6 Å². The van der Waals surface area contributed by atoms with Crippen LogP contribution < -0.4 is 10.2 Å². The number of hydrogen-bond acceptors (Lipinski definition) is 4. The van der Waals surface area contributed by atoms with E-state index >= 15 is 0 Å². The summed E-state index contributed by atoms with van der Waals surface area (Å²) in [5.74, 6) is 1.23. The summed E-state index contributed by atoms with van der Waals surface area (Å²) in [6.45, 7) is 5.93. The van der Waals surface area contributed by atoms with Crippen LogP contribution in [0, 0.1) is 12.8 Å². The Morgan fingerprint density at radius 3 is 2.88 bits per heavy atom. The maximum absolute atomic E-state index is 13.4. The minimum atomic E-state index is -0.940. The summed E-state index contributed by atoms with van der Waals surface area (Å²) in [5, 5.41) is 7.28. The molecule has 1 aromatic heterocycles. The highest BCUT2D eigenvalue weighted by molar-refractivity contribution is 6.14. The third-order valence-electron chi connectivity index (χ3n) is 5.04. The average Bonchev–Trinajstić information content (AvgIpc) is 2.94. The fourth-order valence-corrected chi connectivity index (χ4v) is 3.66. The Labute approximate surface area is 146 Å². The topological polar surface area (TPSA) is 80.1 Å². The second kappa shape index (κ2) is 5.40. The van der Waals surface area contributed by atoms with E-state index in [4.69, 9.17) is 0 Å². The van der Waals surface area contributed by atoms with Crippen LogP contribution >= 0.6 is 0 Å². The second-order valence-electron chi connectivity index (χ2n) is 7.20. The molecule has 0 aliphatic carbocycles. The molecule has 2 amide bonds. The fourth-order valence-electron chi connectivity index (χ4n) is 3.66. The van der Waals surface area contributed by atoms with Gasteiger partial charge >= 0.3 is 0 Å². The second-order valence-corrected chi connectivity index (χ2v) is 7.20. The minimum absolute atomic E-state index is 0.0360. The molecule has 1 N–H and O–H groups in total. The first-order valence-electron chi connectivity index (χ1n) is 8.53. The van der Waals surface area contributed by atoms with Gasteiger partial charge in [-0.2, -0.15) is 5.10 Å². The number of carbonyl (C=O) groups excluding carboxylic acids is 2. The van der Waals surface area contributed by atoms with Crippen molar-refractivity contribution < 1.29 is 9.59 Å². The van der Waals surface area contributed by atoms with Gasteiger partial charge in [0.05, 0.1) is 23.8 Å². The zero-order chi connectivity index (χ0) is 17.8. The predicted molar refractivity (Wildman–Crippen MR) is 93.2 cm³/mol. The van der Waals surface area contributed by atoms with Crippen molar-refractivity contribution in [2.75, 3.05) is 10.2 Å². The van der Waals surface area contributed by atoms with Gasteiger partial charge in [-0.3, -0.25) is 14.5 Å². The molecule has 2 aliphatic rings. The monoisotopic (exact) mass is 339 g/mol. The number of fused-ring (bicyclic) bond motifs is 2. The zero-order valence-corrected chi connectivity index (χ0v) is 14.6. The van der Waals surface area contributed by atoms with Crippen LogP contribution in [0.1, 0.15) is 31.9 Å². The quantitative estimate of drug-likeness (QED) is 0.861. The molecule has 130 valence electrons. The highest BCUT2D eigenvalue weighted by atomic mass is 16.2. The Morgan fingerprint density at radius 1 is 1.32 bits per heavy atom. The van der Waals surface area contributed by atoms with Crippen LogP contribution in [-0.4, -0.2) is 32.1 Å². The van der Waals surface area contributed by atoms with Crippen LogP contribution in [0.15, 0.2) is 24.3 Å². The average molecular weight is 339 g/mol. The Kier molecular flexibility index (Phi) is 3.42. The van der Waals surface area contributed by atoms with Crippen LogP contribution in [0.25, 0.3) is 0 Å². The van der Waals surface area contributed by atoms with E-state index in [0.29, 0.717) is 18.7 Å². The Balaban J connectivity index is 1.70. The van der Waals surface area contributed by atoms with E-state index in [1.165, 1.54) is 0 Å². The Hall–Kier alpha value is -2.70. The molecular formula is C18H21N5O2. The van der Waals surface area contributed by atoms with Crippen LogP contribution in [0.4, 0.5) is 11.4 Å². The molecule has 0 saturated carbocycles. The summed E-state index contributed by atoms with van der Waals surface area (Å²) in [4.78, 5) is 32.0. The van der Waals surface area contributed by atoms with Crippen molar-refractivity contribution in [2.45, 2.75) is 45.7 Å². The van der Waals surface area contributed by atoms with Gasteiger partial charge in [0, 0.05) is 6.42 Å². The van der Waals surface area contributed by atoms with Gasteiger partial charge in [0.25, 0.3) is 0 Å². The lowest BCUT2D eigenvalue weighted by molar-refractivity contribution is -0.129. The summed E-state index contributed by atoms with van der Waals surface area (Å²) in [6.07, 6.45) is 1.44. The number of aromatic nitrogens is 3. The molecule has 2 aromatic rings. The van der Waals surface area contributed by atoms with Crippen molar-refractivity contribution in [1.82, 2.24) is 14.8 Å². The lowest BCUT2D eigenvalue weighted by Gasteiger charge is -2.43. The van der Waals surface area contributed by atoms with Gasteiger partial charge in [0.2, 0.25) is 11.8 Å². The van der Waals surface area contributed by atoms with Gasteiger partial charge in [0.15, 0.2) is 0 Å². The van der Waals surface area contributed by atoms with Gasteiger partial charge in [-0.1, -0.05) is 12.1 Å². The fraction of sp³-hybridized carbons (Fsp3) is 0.444. The molecule has 1 unspecified atom stereocenters. The van der Waals surface area contributed by atoms with Crippen molar-refractivity contribution in [3.05, 3.63) is 35.9 Å². The smallest absolute Gasteiger partial charge is 0.250 e. The molecule has 7 heteroatoms. The molecule has 2 aliphatic heterocycles. The molecule has 0 radical (unpaired) electrons. The third kappa shape index (κ3) is 2.42. The lowest BCUT2D eigenvalue weighted by Crippen LogP contribution is -2.60. The van der Waals surface area contributed by atoms with E-state index in [0.717, 1.165) is 23.8 Å². The van der Waals surface area contributed by atoms with E-state index in [1.807, 2.05) is 35.9 Å². The standard InChI is InChI=1S/C18H21N5O2/c1-11-19-15-9-8-12(10-22(15)21-11)16(24)23-14-7-5-4-6-13(14)20-17(25)18(23,2)3/h4-7,12H,8-10H2,1-3H3,(H,20,25). The first-order chi connectivity index (χ1) is 11.9. The molecular weight excluding hydrogens is 318 g/mol. The number of aryl methyl sites for hydroxylation is 2. The van der Waals surface area contributed by atoms with E-state index < -0.39 is 5.54 Å². The first kappa shape index (κ1) is 15.8. The lowest BCUT2D eigenvalue weighted by atomic mass is 9.91. The van der Waals surface area contributed by atoms with Gasteiger partial charge in [-0.05, 0) is 39.3 Å². The number of anilines is 2. The molecule has 0 saturated heterocycles. The summed E-state index contributed by atoms with van der Waals surface area (Å²) >= 11 is 0. The number of rotatable bonds is 1. The summed E-state index contributed by atoms with van der Waals surface area (Å²) in [7, 11) is 0. The zero-order valence-electron chi connectivity index (χ0n) is 14.6. The largest absolute Gasteiger partial charge is 0.322 e. The predicted octanol–water partition coefficient (Wildman–Crippen LogP) is 1.91. The normalized spacial score (nSPS) is 21.3. The van der Waals surface area contributed by atoms with Crippen molar-refractivity contribution in [3.8, 4) is 0 Å². The number of hydrogen-bond donors (Lipinski definition) is 1. The summed E-state index contributed by atoms with van der Waals surface area (Å²) in [5.41, 5.74) is 0.482. The van der Waals surface area contributed by atoms with Crippen LogP contribution in [0.2, 0.25) is 0 Å². The molecule has 25 heavy (non-hydrogen) atoms. The van der Waals surface area contributed by atoms with E-state index in [-0.39, 0.29) is 17.7 Å². The number of para-hydroxylation sites is 2. The van der Waals surface area contributed by atoms with Crippen molar-refractivity contribution in [3.63, 3.8) is 0 Å². The van der Waals surface area contributed by atoms with Gasteiger partial charge in [0.1, 0.15) is 17.2 Å². The molecule has 1 aromatic carbocycles. The van der Waals surface area contributed by atoms with E-state index in [2.05, 4.69) is 15.4 Å². The molecule has 0 bridgehead atoms. The highest BCUT2D eigenvalue weighted by Gasteiger charge is 2.45. The Morgan fingerprint density at radius 2 is 2.08 bits per heavy atom. The molecule has 4 rings (SSSR count). The number of nitrogens with zero attached hydrogens (tertiary/aromatic N) is 4. The number of amides is 2. The number of benzene rings is 1. The Bertz CT molecular complexity index is 870. The van der Waals surface area contributed by atoms with E-state index in [9.17, 15) is 9.59 Å². The molecule has 3 heterocycles. The van der Waals surface area contributed by atoms with Crippen molar-refractivity contribution in [2.24, 2.45) is 5.92 Å². The first-order valence-corrected chi connectivity index (χ1v) is 8.53. The van der Waals surface area contributed by atoms with E-state index in [1.54, 1.807) is 18.7 Å². The molecule has 1 atom stereocenters. The van der Waals surface area contributed by atoms with Gasteiger partial charge in [-0.15, -0.1) is 0 Å².